The van der Waals surface area contributed by atoms with E-state index in [1.165, 1.54) is 19.1 Å². The van der Waals surface area contributed by atoms with Crippen molar-refractivity contribution in [3.05, 3.63) is 29.3 Å². The first-order chi connectivity index (χ1) is 8.25. The van der Waals surface area contributed by atoms with Crippen LogP contribution in [0, 0.1) is 6.92 Å². The molecule has 1 aromatic carbocycles. The average molecular weight is 261 g/mol. The van der Waals surface area contributed by atoms with E-state index in [-0.39, 0.29) is 11.3 Å². The highest BCUT2D eigenvalue weighted by Crippen LogP contribution is 2.22. The SMILES string of the molecule is COC(=O)c1ccc(C)c(NC(=O)C(F)(F)F)c1. The number of carbonyl (C=O) groups excluding carboxylic acids is 2. The zero-order chi connectivity index (χ0) is 13.9. The first-order valence-corrected chi connectivity index (χ1v) is 4.83. The highest BCUT2D eigenvalue weighted by Gasteiger charge is 2.38. The van der Waals surface area contributed by atoms with Crippen LogP contribution >= 0.6 is 0 Å². The molecule has 1 N–H and O–H groups in total. The Morgan fingerprint density at radius 1 is 1.28 bits per heavy atom. The second-order valence-corrected chi connectivity index (χ2v) is 3.47. The summed E-state index contributed by atoms with van der Waals surface area (Å²) in [6.45, 7) is 1.51. The normalized spacial score (nSPS) is 10.9. The number of nitrogens with one attached hydrogen (secondary N) is 1. The molecule has 7 heteroatoms. The van der Waals surface area contributed by atoms with Crippen LogP contribution in [0.15, 0.2) is 18.2 Å². The van der Waals surface area contributed by atoms with Gasteiger partial charge < -0.3 is 10.1 Å². The third-order valence-electron chi connectivity index (χ3n) is 2.16. The number of rotatable bonds is 2. The molecule has 0 aliphatic rings. The largest absolute Gasteiger partial charge is 0.471 e. The van der Waals surface area contributed by atoms with Crippen LogP contribution in [0.2, 0.25) is 0 Å². The smallest absolute Gasteiger partial charge is 0.465 e. The van der Waals surface area contributed by atoms with Crippen LogP contribution in [0.25, 0.3) is 0 Å². The fourth-order valence-electron chi connectivity index (χ4n) is 1.19. The third kappa shape index (κ3) is 3.22. The zero-order valence-electron chi connectivity index (χ0n) is 9.59. The number of anilines is 1. The number of benzene rings is 1. The van der Waals surface area contributed by atoms with Crippen molar-refractivity contribution in [2.24, 2.45) is 0 Å². The molecule has 0 aromatic heterocycles. The highest BCUT2D eigenvalue weighted by atomic mass is 19.4. The molecule has 0 radical (unpaired) electrons. The molecule has 0 unspecified atom stereocenters. The van der Waals surface area contributed by atoms with Gasteiger partial charge in [0.2, 0.25) is 0 Å². The number of alkyl halides is 3. The predicted molar refractivity (Wildman–Crippen MR) is 57.2 cm³/mol. The summed E-state index contributed by atoms with van der Waals surface area (Å²) in [5.41, 5.74) is 0.376. The molecule has 0 atom stereocenters. The van der Waals surface area contributed by atoms with Gasteiger partial charge in [0, 0.05) is 5.69 Å². The number of carbonyl (C=O) groups is 2. The number of methoxy groups -OCH3 is 1. The van der Waals surface area contributed by atoms with E-state index in [0.29, 0.717) is 5.56 Å². The molecule has 0 fully saturated rings. The summed E-state index contributed by atoms with van der Waals surface area (Å²) in [5, 5.41) is 1.70. The Balaban J connectivity index is 3.02. The topological polar surface area (TPSA) is 55.4 Å². The summed E-state index contributed by atoms with van der Waals surface area (Å²) >= 11 is 0. The van der Waals surface area contributed by atoms with Gasteiger partial charge in [0.25, 0.3) is 0 Å². The second kappa shape index (κ2) is 5.07. The van der Waals surface area contributed by atoms with Crippen LogP contribution in [0.5, 0.6) is 0 Å². The second-order valence-electron chi connectivity index (χ2n) is 3.47. The molecular weight excluding hydrogens is 251 g/mol. The standard InChI is InChI=1S/C11H10F3NO3/c1-6-3-4-7(9(16)18-2)5-8(6)15-10(17)11(12,13)14/h3-5H,1-2H3,(H,15,17). The predicted octanol–water partition coefficient (Wildman–Crippen LogP) is 2.28. The van der Waals surface area contributed by atoms with Crippen LogP contribution in [-0.4, -0.2) is 25.2 Å². The summed E-state index contributed by atoms with van der Waals surface area (Å²) in [5.74, 6) is -2.79. The van der Waals surface area contributed by atoms with Gasteiger partial charge in [-0.2, -0.15) is 13.2 Å². The average Bonchev–Trinajstić information content (AvgIpc) is 2.29. The van der Waals surface area contributed by atoms with Crippen molar-refractivity contribution in [1.29, 1.82) is 0 Å². The number of ether oxygens (including phenoxy) is 1. The van der Waals surface area contributed by atoms with Gasteiger partial charge in [-0.25, -0.2) is 4.79 Å². The molecule has 0 spiro atoms. The molecule has 1 aromatic rings. The highest BCUT2D eigenvalue weighted by molar-refractivity contribution is 5.97. The minimum atomic E-state index is -4.98. The van der Waals surface area contributed by atoms with E-state index < -0.39 is 18.1 Å². The van der Waals surface area contributed by atoms with Crippen LogP contribution < -0.4 is 5.32 Å². The molecular formula is C11H10F3NO3. The monoisotopic (exact) mass is 261 g/mol. The molecule has 98 valence electrons. The van der Waals surface area contributed by atoms with E-state index in [4.69, 9.17) is 0 Å². The van der Waals surface area contributed by atoms with Crippen LogP contribution in [-0.2, 0) is 9.53 Å². The van der Waals surface area contributed by atoms with Gasteiger partial charge >= 0.3 is 18.1 Å². The Morgan fingerprint density at radius 3 is 2.39 bits per heavy atom. The molecule has 1 amide bonds. The van der Waals surface area contributed by atoms with Crippen molar-refractivity contribution in [2.45, 2.75) is 13.1 Å². The van der Waals surface area contributed by atoms with Crippen LogP contribution in [0.3, 0.4) is 0 Å². The number of esters is 1. The number of aryl methyl sites for hydroxylation is 1. The van der Waals surface area contributed by atoms with Gasteiger partial charge in [-0.05, 0) is 24.6 Å². The van der Waals surface area contributed by atoms with Crippen LogP contribution in [0.4, 0.5) is 18.9 Å². The fourth-order valence-corrected chi connectivity index (χ4v) is 1.19. The molecule has 1 rings (SSSR count). The summed E-state index contributed by atoms with van der Waals surface area (Å²) in [4.78, 5) is 22.0. The molecule has 0 aliphatic heterocycles. The van der Waals surface area contributed by atoms with E-state index >= 15 is 0 Å². The van der Waals surface area contributed by atoms with Gasteiger partial charge in [0.1, 0.15) is 0 Å². The van der Waals surface area contributed by atoms with Gasteiger partial charge in [-0.3, -0.25) is 4.79 Å². The first-order valence-electron chi connectivity index (χ1n) is 4.83. The van der Waals surface area contributed by atoms with E-state index in [2.05, 4.69) is 4.74 Å². The van der Waals surface area contributed by atoms with Gasteiger partial charge in [0.05, 0.1) is 12.7 Å². The molecule has 0 aliphatic carbocycles. The summed E-state index contributed by atoms with van der Waals surface area (Å²) in [6.07, 6.45) is -4.98. The van der Waals surface area contributed by atoms with Crippen LogP contribution in [0.1, 0.15) is 15.9 Å². The van der Waals surface area contributed by atoms with E-state index in [1.807, 2.05) is 0 Å². The van der Waals surface area contributed by atoms with Crippen molar-refractivity contribution in [2.75, 3.05) is 12.4 Å². The van der Waals surface area contributed by atoms with Gasteiger partial charge in [0.15, 0.2) is 0 Å². The van der Waals surface area contributed by atoms with E-state index in [9.17, 15) is 22.8 Å². The Morgan fingerprint density at radius 2 is 1.89 bits per heavy atom. The Bertz CT molecular complexity index is 483. The van der Waals surface area contributed by atoms with Crippen molar-refractivity contribution in [1.82, 2.24) is 0 Å². The summed E-state index contributed by atoms with van der Waals surface area (Å²) in [7, 11) is 1.15. The minimum Gasteiger partial charge on any atom is -0.465 e. The Kier molecular flexibility index (Phi) is 3.95. The zero-order valence-corrected chi connectivity index (χ0v) is 9.59. The molecule has 4 nitrogen and oxygen atoms in total. The van der Waals surface area contributed by atoms with Gasteiger partial charge in [-0.1, -0.05) is 6.07 Å². The van der Waals surface area contributed by atoms with Crippen molar-refractivity contribution in [3.8, 4) is 0 Å². The molecule has 0 heterocycles. The number of amides is 1. The molecule has 0 saturated heterocycles. The van der Waals surface area contributed by atoms with Crippen molar-refractivity contribution < 1.29 is 27.5 Å². The third-order valence-corrected chi connectivity index (χ3v) is 2.16. The van der Waals surface area contributed by atoms with Gasteiger partial charge in [-0.15, -0.1) is 0 Å². The number of halogens is 3. The lowest BCUT2D eigenvalue weighted by Gasteiger charge is -2.11. The lowest BCUT2D eigenvalue weighted by Crippen LogP contribution is -2.30. The maximum atomic E-state index is 12.1. The lowest BCUT2D eigenvalue weighted by molar-refractivity contribution is -0.167. The number of hydrogen-bond acceptors (Lipinski definition) is 3. The first kappa shape index (κ1) is 14.0. The van der Waals surface area contributed by atoms with Crippen molar-refractivity contribution >= 4 is 17.6 Å². The van der Waals surface area contributed by atoms with E-state index in [1.54, 1.807) is 5.32 Å². The molecule has 18 heavy (non-hydrogen) atoms. The fraction of sp³-hybridized carbons (Fsp3) is 0.273. The number of hydrogen-bond donors (Lipinski definition) is 1. The molecule has 0 saturated carbocycles. The maximum Gasteiger partial charge on any atom is 0.471 e. The Hall–Kier alpha value is -2.05. The summed E-state index contributed by atoms with van der Waals surface area (Å²) in [6, 6.07) is 3.94. The van der Waals surface area contributed by atoms with E-state index in [0.717, 1.165) is 13.2 Å². The Labute approximate surface area is 101 Å². The lowest BCUT2D eigenvalue weighted by atomic mass is 10.1. The quantitative estimate of drug-likeness (QED) is 0.831. The van der Waals surface area contributed by atoms with Crippen molar-refractivity contribution in [3.63, 3.8) is 0 Å². The summed E-state index contributed by atoms with van der Waals surface area (Å²) < 4.78 is 40.7. The maximum absolute atomic E-state index is 12.1. The minimum absolute atomic E-state index is 0.0561. The molecule has 0 bridgehead atoms.